The van der Waals surface area contributed by atoms with Crippen molar-refractivity contribution in [3.63, 3.8) is 0 Å². The highest BCUT2D eigenvalue weighted by Gasteiger charge is 2.34. The van der Waals surface area contributed by atoms with Crippen LogP contribution in [-0.2, 0) is 5.54 Å². The zero-order chi connectivity index (χ0) is 15.7. The van der Waals surface area contributed by atoms with Crippen molar-refractivity contribution < 1.29 is 0 Å². The van der Waals surface area contributed by atoms with E-state index < -0.39 is 5.54 Å². The van der Waals surface area contributed by atoms with E-state index in [2.05, 4.69) is 44.1 Å². The molecule has 3 heteroatoms. The maximum atomic E-state index is 9.89. The van der Waals surface area contributed by atoms with Gasteiger partial charge in [-0.05, 0) is 38.4 Å². The minimum atomic E-state index is -0.630. The lowest BCUT2D eigenvalue weighted by atomic mass is 9.89. The molecule has 1 atom stereocenters. The molecule has 1 N–H and O–H groups in total. The summed E-state index contributed by atoms with van der Waals surface area (Å²) in [6, 6.07) is 13.2. The lowest BCUT2D eigenvalue weighted by Crippen LogP contribution is -2.51. The summed E-state index contributed by atoms with van der Waals surface area (Å²) >= 11 is 0. The van der Waals surface area contributed by atoms with Crippen molar-refractivity contribution in [3.8, 4) is 6.07 Å². The molecule has 1 rings (SSSR count). The summed E-state index contributed by atoms with van der Waals surface area (Å²) in [6.07, 6.45) is 3.24. The molecule has 0 heterocycles. The van der Waals surface area contributed by atoms with Gasteiger partial charge < -0.3 is 4.90 Å². The first-order valence-corrected chi connectivity index (χ1v) is 8.05. The average molecular weight is 287 g/mol. The van der Waals surface area contributed by atoms with Gasteiger partial charge in [-0.25, -0.2) is 0 Å². The van der Waals surface area contributed by atoms with Gasteiger partial charge in [0.1, 0.15) is 5.54 Å². The smallest absolute Gasteiger partial charge is 0.145 e. The Morgan fingerprint density at radius 2 is 1.81 bits per heavy atom. The first kappa shape index (κ1) is 17.7. The predicted molar refractivity (Wildman–Crippen MR) is 89.0 cm³/mol. The Hall–Kier alpha value is -1.37. The molecule has 0 aliphatic rings. The van der Waals surface area contributed by atoms with Gasteiger partial charge in [0.25, 0.3) is 0 Å². The Kier molecular flexibility index (Phi) is 7.42. The number of rotatable bonds is 9. The van der Waals surface area contributed by atoms with E-state index in [0.717, 1.165) is 31.4 Å². The molecule has 0 aliphatic heterocycles. The van der Waals surface area contributed by atoms with Crippen LogP contribution in [0.4, 0.5) is 0 Å². The molecule has 0 fully saturated rings. The standard InChI is InChI=1S/C18H29N3/c1-5-13-20-18(14-19,16-11-9-8-10-12-16)15-21(4)17(6-2)7-3/h8-12,17,20H,5-7,13,15H2,1-4H3. The second-order valence-electron chi connectivity index (χ2n) is 5.70. The molecule has 1 unspecified atom stereocenters. The molecule has 116 valence electrons. The van der Waals surface area contributed by atoms with Gasteiger partial charge in [-0.2, -0.15) is 5.26 Å². The highest BCUT2D eigenvalue weighted by molar-refractivity contribution is 5.32. The first-order valence-electron chi connectivity index (χ1n) is 8.05. The van der Waals surface area contributed by atoms with Gasteiger partial charge in [0.05, 0.1) is 6.07 Å². The second-order valence-corrected chi connectivity index (χ2v) is 5.70. The molecule has 3 nitrogen and oxygen atoms in total. The van der Waals surface area contributed by atoms with Crippen molar-refractivity contribution in [2.24, 2.45) is 0 Å². The van der Waals surface area contributed by atoms with Gasteiger partial charge >= 0.3 is 0 Å². The number of nitriles is 1. The van der Waals surface area contributed by atoms with E-state index in [0.29, 0.717) is 12.6 Å². The number of nitrogens with one attached hydrogen (secondary N) is 1. The molecular weight excluding hydrogens is 258 g/mol. The number of hydrogen-bond acceptors (Lipinski definition) is 3. The van der Waals surface area contributed by atoms with Gasteiger partial charge in [0, 0.05) is 12.6 Å². The molecule has 0 bridgehead atoms. The van der Waals surface area contributed by atoms with E-state index >= 15 is 0 Å². The van der Waals surface area contributed by atoms with E-state index in [1.807, 2.05) is 30.3 Å². The topological polar surface area (TPSA) is 39.1 Å². The van der Waals surface area contributed by atoms with Crippen LogP contribution in [0.5, 0.6) is 0 Å². The summed E-state index contributed by atoms with van der Waals surface area (Å²) in [6.45, 7) is 8.10. The fraction of sp³-hybridized carbons (Fsp3) is 0.611. The fourth-order valence-electron chi connectivity index (χ4n) is 2.86. The van der Waals surface area contributed by atoms with E-state index in [9.17, 15) is 5.26 Å². The number of nitrogens with zero attached hydrogens (tertiary/aromatic N) is 2. The highest BCUT2D eigenvalue weighted by Crippen LogP contribution is 2.23. The normalized spacial score (nSPS) is 14.1. The quantitative estimate of drug-likeness (QED) is 0.755. The zero-order valence-electron chi connectivity index (χ0n) is 13.9. The van der Waals surface area contributed by atoms with Crippen LogP contribution in [0.15, 0.2) is 30.3 Å². The van der Waals surface area contributed by atoms with E-state index in [1.54, 1.807) is 0 Å². The third-order valence-corrected chi connectivity index (χ3v) is 4.19. The van der Waals surface area contributed by atoms with Gasteiger partial charge in [0.2, 0.25) is 0 Å². The number of likely N-dealkylation sites (N-methyl/N-ethyl adjacent to an activating group) is 1. The van der Waals surface area contributed by atoms with Gasteiger partial charge in [-0.1, -0.05) is 51.1 Å². The maximum Gasteiger partial charge on any atom is 0.145 e. The van der Waals surface area contributed by atoms with Crippen LogP contribution in [-0.4, -0.2) is 31.1 Å². The SMILES string of the molecule is CCCNC(C#N)(CN(C)C(CC)CC)c1ccccc1. The highest BCUT2D eigenvalue weighted by atomic mass is 15.2. The third-order valence-electron chi connectivity index (χ3n) is 4.19. The van der Waals surface area contributed by atoms with E-state index in [-0.39, 0.29) is 0 Å². The third kappa shape index (κ3) is 4.56. The van der Waals surface area contributed by atoms with Gasteiger partial charge in [0.15, 0.2) is 0 Å². The second kappa shape index (κ2) is 8.81. The van der Waals surface area contributed by atoms with Gasteiger partial charge in [-0.3, -0.25) is 5.32 Å². The monoisotopic (exact) mass is 287 g/mol. The first-order chi connectivity index (χ1) is 10.1. The molecule has 1 aromatic carbocycles. The van der Waals surface area contributed by atoms with Crippen molar-refractivity contribution in [2.75, 3.05) is 20.1 Å². The Morgan fingerprint density at radius 3 is 2.29 bits per heavy atom. The van der Waals surface area contributed by atoms with Crippen LogP contribution in [0, 0.1) is 11.3 Å². The summed E-state index contributed by atoms with van der Waals surface area (Å²) in [5.74, 6) is 0. The summed E-state index contributed by atoms with van der Waals surface area (Å²) in [5.41, 5.74) is 0.424. The molecular formula is C18H29N3. The Morgan fingerprint density at radius 1 is 1.19 bits per heavy atom. The molecule has 1 aromatic rings. The lowest BCUT2D eigenvalue weighted by Gasteiger charge is -2.36. The lowest BCUT2D eigenvalue weighted by molar-refractivity contribution is 0.181. The van der Waals surface area contributed by atoms with Crippen molar-refractivity contribution >= 4 is 0 Å². The molecule has 0 aliphatic carbocycles. The van der Waals surface area contributed by atoms with Crippen molar-refractivity contribution in [3.05, 3.63) is 35.9 Å². The molecule has 0 saturated carbocycles. The molecule has 0 aromatic heterocycles. The van der Waals surface area contributed by atoms with E-state index in [4.69, 9.17) is 0 Å². The number of hydrogen-bond donors (Lipinski definition) is 1. The molecule has 0 amide bonds. The predicted octanol–water partition coefficient (Wildman–Crippen LogP) is 3.53. The Bertz CT molecular complexity index is 434. The van der Waals surface area contributed by atoms with Crippen LogP contribution in [0.3, 0.4) is 0 Å². The largest absolute Gasteiger partial charge is 0.300 e. The zero-order valence-corrected chi connectivity index (χ0v) is 13.9. The van der Waals surface area contributed by atoms with Crippen molar-refractivity contribution in [1.82, 2.24) is 10.2 Å². The minimum Gasteiger partial charge on any atom is -0.300 e. The summed E-state index contributed by atoms with van der Waals surface area (Å²) in [4.78, 5) is 2.32. The molecule has 0 spiro atoms. The number of benzene rings is 1. The van der Waals surface area contributed by atoms with Gasteiger partial charge in [-0.15, -0.1) is 0 Å². The molecule has 21 heavy (non-hydrogen) atoms. The van der Waals surface area contributed by atoms with Crippen LogP contribution >= 0.6 is 0 Å². The Balaban J connectivity index is 3.04. The fourth-order valence-corrected chi connectivity index (χ4v) is 2.86. The average Bonchev–Trinajstić information content (AvgIpc) is 2.53. The summed E-state index contributed by atoms with van der Waals surface area (Å²) in [7, 11) is 2.13. The van der Waals surface area contributed by atoms with Crippen LogP contribution in [0.25, 0.3) is 0 Å². The molecule has 0 radical (unpaired) electrons. The Labute approximate surface area is 130 Å². The maximum absolute atomic E-state index is 9.89. The minimum absolute atomic E-state index is 0.518. The van der Waals surface area contributed by atoms with Crippen molar-refractivity contribution in [2.45, 2.75) is 51.6 Å². The van der Waals surface area contributed by atoms with Crippen LogP contribution in [0.1, 0.15) is 45.6 Å². The molecule has 0 saturated heterocycles. The van der Waals surface area contributed by atoms with Crippen LogP contribution < -0.4 is 5.32 Å². The van der Waals surface area contributed by atoms with Crippen molar-refractivity contribution in [1.29, 1.82) is 5.26 Å². The van der Waals surface area contributed by atoms with E-state index in [1.165, 1.54) is 0 Å². The summed E-state index contributed by atoms with van der Waals surface area (Å²) in [5, 5.41) is 13.4. The summed E-state index contributed by atoms with van der Waals surface area (Å²) < 4.78 is 0. The van der Waals surface area contributed by atoms with Crippen LogP contribution in [0.2, 0.25) is 0 Å².